The number of benzene rings is 1. The Morgan fingerprint density at radius 1 is 1.29 bits per heavy atom. The summed E-state index contributed by atoms with van der Waals surface area (Å²) in [6, 6.07) is 10.9. The van der Waals surface area contributed by atoms with Crippen molar-refractivity contribution in [1.29, 1.82) is 0 Å². The highest BCUT2D eigenvalue weighted by Gasteiger charge is 2.11. The van der Waals surface area contributed by atoms with Crippen LogP contribution >= 0.6 is 15.9 Å². The van der Waals surface area contributed by atoms with Gasteiger partial charge in [0.05, 0.1) is 12.2 Å². The SMILES string of the molecule is CCNC(C)c1ccc(N(C)Cc2ccc(C)o2)c(Br)c1. The van der Waals surface area contributed by atoms with Crippen LogP contribution in [0.15, 0.2) is 39.2 Å². The van der Waals surface area contributed by atoms with Gasteiger partial charge in [0.1, 0.15) is 11.5 Å². The predicted octanol–water partition coefficient (Wildman–Crippen LogP) is 4.66. The van der Waals surface area contributed by atoms with E-state index in [9.17, 15) is 0 Å². The average Bonchev–Trinajstić information content (AvgIpc) is 2.84. The van der Waals surface area contributed by atoms with E-state index in [2.05, 4.69) is 65.2 Å². The van der Waals surface area contributed by atoms with Crippen molar-refractivity contribution in [3.05, 3.63) is 51.9 Å². The van der Waals surface area contributed by atoms with Crippen LogP contribution in [0, 0.1) is 6.92 Å². The van der Waals surface area contributed by atoms with Crippen LogP contribution in [0.5, 0.6) is 0 Å². The number of hydrogen-bond donors (Lipinski definition) is 1. The van der Waals surface area contributed by atoms with Gasteiger partial charge in [-0.05, 0) is 66.2 Å². The number of nitrogens with zero attached hydrogens (tertiary/aromatic N) is 1. The zero-order valence-corrected chi connectivity index (χ0v) is 14.7. The highest BCUT2D eigenvalue weighted by atomic mass is 79.9. The normalized spacial score (nSPS) is 12.4. The second-order valence-electron chi connectivity index (χ2n) is 5.36. The molecule has 1 aromatic carbocycles. The van der Waals surface area contributed by atoms with Gasteiger partial charge < -0.3 is 14.6 Å². The zero-order chi connectivity index (χ0) is 15.4. The second-order valence-corrected chi connectivity index (χ2v) is 6.21. The van der Waals surface area contributed by atoms with Crippen molar-refractivity contribution < 1.29 is 4.42 Å². The molecule has 21 heavy (non-hydrogen) atoms. The summed E-state index contributed by atoms with van der Waals surface area (Å²) in [5.41, 5.74) is 2.45. The van der Waals surface area contributed by atoms with Crippen LogP contribution in [0.25, 0.3) is 0 Å². The number of furan rings is 1. The highest BCUT2D eigenvalue weighted by molar-refractivity contribution is 9.10. The van der Waals surface area contributed by atoms with Crippen molar-refractivity contribution in [3.8, 4) is 0 Å². The third-order valence-corrected chi connectivity index (χ3v) is 4.22. The summed E-state index contributed by atoms with van der Waals surface area (Å²) in [7, 11) is 2.07. The van der Waals surface area contributed by atoms with Crippen LogP contribution in [0.4, 0.5) is 5.69 Å². The van der Waals surface area contributed by atoms with E-state index in [0.717, 1.165) is 34.8 Å². The first-order chi connectivity index (χ1) is 10.0. The molecule has 0 fully saturated rings. The maximum absolute atomic E-state index is 5.64. The molecule has 3 nitrogen and oxygen atoms in total. The molecule has 1 aromatic heterocycles. The molecule has 0 spiro atoms. The Kier molecular flexibility index (Phi) is 5.48. The average molecular weight is 351 g/mol. The van der Waals surface area contributed by atoms with Gasteiger partial charge in [-0.25, -0.2) is 0 Å². The Morgan fingerprint density at radius 3 is 2.62 bits per heavy atom. The Labute approximate surface area is 135 Å². The summed E-state index contributed by atoms with van der Waals surface area (Å²) in [4.78, 5) is 2.18. The fraction of sp³-hybridized carbons (Fsp3) is 0.412. The van der Waals surface area contributed by atoms with Crippen molar-refractivity contribution >= 4 is 21.6 Å². The first kappa shape index (κ1) is 16.1. The third-order valence-electron chi connectivity index (χ3n) is 3.58. The van der Waals surface area contributed by atoms with Crippen molar-refractivity contribution in [2.75, 3.05) is 18.5 Å². The number of anilines is 1. The number of aryl methyl sites for hydroxylation is 1. The highest BCUT2D eigenvalue weighted by Crippen LogP contribution is 2.29. The summed E-state index contributed by atoms with van der Waals surface area (Å²) in [6.45, 7) is 8.00. The molecular weight excluding hydrogens is 328 g/mol. The van der Waals surface area contributed by atoms with Crippen molar-refractivity contribution in [1.82, 2.24) is 5.32 Å². The van der Waals surface area contributed by atoms with Crippen molar-refractivity contribution in [2.24, 2.45) is 0 Å². The van der Waals surface area contributed by atoms with Crippen LogP contribution in [-0.4, -0.2) is 13.6 Å². The minimum absolute atomic E-state index is 0.360. The smallest absolute Gasteiger partial charge is 0.123 e. The first-order valence-corrected chi connectivity index (χ1v) is 8.09. The largest absolute Gasteiger partial charge is 0.464 e. The van der Waals surface area contributed by atoms with Gasteiger partial charge in [0.2, 0.25) is 0 Å². The summed E-state index contributed by atoms with van der Waals surface area (Å²) < 4.78 is 6.75. The molecule has 4 heteroatoms. The molecule has 1 N–H and O–H groups in total. The Morgan fingerprint density at radius 2 is 2.05 bits per heavy atom. The lowest BCUT2D eigenvalue weighted by atomic mass is 10.1. The lowest BCUT2D eigenvalue weighted by molar-refractivity contribution is 0.481. The first-order valence-electron chi connectivity index (χ1n) is 7.30. The number of halogens is 1. The predicted molar refractivity (Wildman–Crippen MR) is 91.8 cm³/mol. The molecule has 114 valence electrons. The minimum Gasteiger partial charge on any atom is -0.464 e. The number of rotatable bonds is 6. The lowest BCUT2D eigenvalue weighted by Crippen LogP contribution is -2.19. The van der Waals surface area contributed by atoms with E-state index in [0.29, 0.717) is 6.04 Å². The van der Waals surface area contributed by atoms with Gasteiger partial charge >= 0.3 is 0 Å². The molecule has 0 saturated carbocycles. The molecule has 0 aliphatic rings. The molecule has 1 heterocycles. The molecule has 0 aliphatic heterocycles. The summed E-state index contributed by atoms with van der Waals surface area (Å²) in [5, 5.41) is 3.43. The molecule has 0 bridgehead atoms. The topological polar surface area (TPSA) is 28.4 Å². The maximum Gasteiger partial charge on any atom is 0.123 e. The van der Waals surface area contributed by atoms with E-state index in [1.807, 2.05) is 19.1 Å². The molecule has 1 unspecified atom stereocenters. The number of nitrogens with one attached hydrogen (secondary N) is 1. The van der Waals surface area contributed by atoms with E-state index >= 15 is 0 Å². The summed E-state index contributed by atoms with van der Waals surface area (Å²) >= 11 is 3.69. The summed E-state index contributed by atoms with van der Waals surface area (Å²) in [6.07, 6.45) is 0. The van der Waals surface area contributed by atoms with Gasteiger partial charge in [0, 0.05) is 17.6 Å². The fourth-order valence-electron chi connectivity index (χ4n) is 2.42. The van der Waals surface area contributed by atoms with Crippen LogP contribution < -0.4 is 10.2 Å². The van der Waals surface area contributed by atoms with E-state index in [-0.39, 0.29) is 0 Å². The summed E-state index contributed by atoms with van der Waals surface area (Å²) in [5.74, 6) is 1.93. The second kappa shape index (κ2) is 7.14. The zero-order valence-electron chi connectivity index (χ0n) is 13.1. The van der Waals surface area contributed by atoms with Crippen molar-refractivity contribution in [2.45, 2.75) is 33.4 Å². The van der Waals surface area contributed by atoms with Gasteiger partial charge in [-0.3, -0.25) is 0 Å². The molecule has 1 atom stereocenters. The third kappa shape index (κ3) is 4.11. The van der Waals surface area contributed by atoms with E-state index in [1.54, 1.807) is 0 Å². The van der Waals surface area contributed by atoms with Gasteiger partial charge in [0.25, 0.3) is 0 Å². The van der Waals surface area contributed by atoms with Gasteiger partial charge in [0.15, 0.2) is 0 Å². The Hall–Kier alpha value is -1.26. The lowest BCUT2D eigenvalue weighted by Gasteiger charge is -2.21. The van der Waals surface area contributed by atoms with Gasteiger partial charge in [-0.2, -0.15) is 0 Å². The Bertz CT molecular complexity index is 594. The van der Waals surface area contributed by atoms with Crippen molar-refractivity contribution in [3.63, 3.8) is 0 Å². The molecule has 0 radical (unpaired) electrons. The van der Waals surface area contributed by atoms with E-state index < -0.39 is 0 Å². The standard InChI is InChI=1S/C17H23BrN2O/c1-5-19-13(3)14-7-9-17(16(18)10-14)20(4)11-15-8-6-12(2)21-15/h6-10,13,19H,5,11H2,1-4H3. The van der Waals surface area contributed by atoms with Gasteiger partial charge in [-0.15, -0.1) is 0 Å². The molecule has 0 aliphatic carbocycles. The molecule has 0 amide bonds. The van der Waals surface area contributed by atoms with Crippen LogP contribution in [-0.2, 0) is 6.54 Å². The van der Waals surface area contributed by atoms with Crippen LogP contribution in [0.1, 0.15) is 37.0 Å². The molecule has 0 saturated heterocycles. The van der Waals surface area contributed by atoms with Crippen LogP contribution in [0.3, 0.4) is 0 Å². The van der Waals surface area contributed by atoms with E-state index in [1.165, 1.54) is 5.56 Å². The molecular formula is C17H23BrN2O. The minimum atomic E-state index is 0.360. The monoisotopic (exact) mass is 350 g/mol. The van der Waals surface area contributed by atoms with Crippen LogP contribution in [0.2, 0.25) is 0 Å². The molecule has 2 aromatic rings. The van der Waals surface area contributed by atoms with Gasteiger partial charge in [-0.1, -0.05) is 13.0 Å². The maximum atomic E-state index is 5.64. The fourth-order valence-corrected chi connectivity index (χ4v) is 3.11. The number of hydrogen-bond acceptors (Lipinski definition) is 3. The molecule has 2 rings (SSSR count). The quantitative estimate of drug-likeness (QED) is 0.821. The Balaban J connectivity index is 2.12. The van der Waals surface area contributed by atoms with E-state index in [4.69, 9.17) is 4.42 Å².